The first-order chi connectivity index (χ1) is 8.69. The number of nitrogens with zero attached hydrogens (tertiary/aromatic N) is 1. The zero-order valence-electron chi connectivity index (χ0n) is 11.8. The third kappa shape index (κ3) is 5.08. The Bertz CT molecular complexity index is 251. The van der Waals surface area contributed by atoms with Crippen LogP contribution < -0.4 is 5.32 Å². The van der Waals surface area contributed by atoms with E-state index < -0.39 is 0 Å². The summed E-state index contributed by atoms with van der Waals surface area (Å²) in [5.74, 6) is 0.618. The van der Waals surface area contributed by atoms with Gasteiger partial charge in [0.15, 0.2) is 5.11 Å². The molecule has 2 atom stereocenters. The van der Waals surface area contributed by atoms with E-state index in [-0.39, 0.29) is 0 Å². The van der Waals surface area contributed by atoms with Crippen LogP contribution in [0.25, 0.3) is 0 Å². The van der Waals surface area contributed by atoms with Gasteiger partial charge in [-0.2, -0.15) is 0 Å². The van der Waals surface area contributed by atoms with Crippen LogP contribution in [0.1, 0.15) is 26.7 Å². The monoisotopic (exact) mass is 274 g/mol. The predicted octanol–water partition coefficient (Wildman–Crippen LogP) is 1.64. The van der Waals surface area contributed by atoms with E-state index in [1.54, 1.807) is 7.11 Å². The Labute approximate surface area is 116 Å². The molecule has 0 aromatic rings. The summed E-state index contributed by atoms with van der Waals surface area (Å²) in [6.07, 6.45) is 2.42. The molecule has 0 amide bonds. The van der Waals surface area contributed by atoms with Gasteiger partial charge >= 0.3 is 0 Å². The maximum atomic E-state index is 5.49. The second-order valence-electron chi connectivity index (χ2n) is 4.77. The van der Waals surface area contributed by atoms with E-state index in [4.69, 9.17) is 21.7 Å². The number of methoxy groups -OCH3 is 1. The zero-order valence-corrected chi connectivity index (χ0v) is 12.6. The molecule has 18 heavy (non-hydrogen) atoms. The van der Waals surface area contributed by atoms with Gasteiger partial charge in [0.2, 0.25) is 0 Å². The Kier molecular flexibility index (Phi) is 7.54. The maximum Gasteiger partial charge on any atom is 0.169 e. The molecule has 0 radical (unpaired) electrons. The molecule has 106 valence electrons. The average Bonchev–Trinajstić information content (AvgIpc) is 2.38. The quantitative estimate of drug-likeness (QED) is 0.588. The summed E-state index contributed by atoms with van der Waals surface area (Å²) in [6.45, 7) is 8.63. The standard InChI is InChI=1S/C13H26N2O2S/c1-4-17-9-5-7-14-13(18)15-8-6-11(2)12(10-15)16-3/h11-12H,4-10H2,1-3H3,(H,14,18). The molecule has 0 aromatic heterocycles. The van der Waals surface area contributed by atoms with Crippen molar-refractivity contribution in [2.45, 2.75) is 32.8 Å². The van der Waals surface area contributed by atoms with Gasteiger partial charge in [-0.05, 0) is 37.9 Å². The second-order valence-corrected chi connectivity index (χ2v) is 5.16. The molecule has 1 N–H and O–H groups in total. The van der Waals surface area contributed by atoms with Crippen molar-refractivity contribution in [2.24, 2.45) is 5.92 Å². The normalized spacial score (nSPS) is 24.1. The fraction of sp³-hybridized carbons (Fsp3) is 0.923. The van der Waals surface area contributed by atoms with Crippen LogP contribution in [0.15, 0.2) is 0 Å². The van der Waals surface area contributed by atoms with E-state index in [9.17, 15) is 0 Å². The summed E-state index contributed by atoms with van der Waals surface area (Å²) >= 11 is 5.41. The lowest BCUT2D eigenvalue weighted by Gasteiger charge is -2.37. The number of hydrogen-bond donors (Lipinski definition) is 1. The molecule has 2 unspecified atom stereocenters. The molecule has 0 saturated carbocycles. The minimum Gasteiger partial charge on any atom is -0.382 e. The van der Waals surface area contributed by atoms with Gasteiger partial charge in [0.25, 0.3) is 0 Å². The van der Waals surface area contributed by atoms with Crippen LogP contribution in [0, 0.1) is 5.92 Å². The van der Waals surface area contributed by atoms with Gasteiger partial charge in [0.1, 0.15) is 0 Å². The minimum atomic E-state index is 0.293. The molecule has 1 heterocycles. The third-order valence-corrected chi connectivity index (χ3v) is 3.83. The molecule has 1 rings (SSSR count). The van der Waals surface area contributed by atoms with Crippen molar-refractivity contribution in [3.8, 4) is 0 Å². The van der Waals surface area contributed by atoms with Crippen molar-refractivity contribution >= 4 is 17.3 Å². The van der Waals surface area contributed by atoms with Crippen LogP contribution in [0.4, 0.5) is 0 Å². The number of nitrogens with one attached hydrogen (secondary N) is 1. The molecule has 0 bridgehead atoms. The van der Waals surface area contributed by atoms with Crippen molar-refractivity contribution in [2.75, 3.05) is 40.0 Å². The SMILES string of the molecule is CCOCCCNC(=S)N1CCC(C)C(OC)C1. The van der Waals surface area contributed by atoms with Crippen molar-refractivity contribution in [3.05, 3.63) is 0 Å². The topological polar surface area (TPSA) is 33.7 Å². The molecule has 1 aliphatic rings. The summed E-state index contributed by atoms with van der Waals surface area (Å²) in [5.41, 5.74) is 0. The lowest BCUT2D eigenvalue weighted by molar-refractivity contribution is 0.0147. The second kappa shape index (κ2) is 8.67. The number of thiocarbonyl (C=S) groups is 1. The lowest BCUT2D eigenvalue weighted by Crippen LogP contribution is -2.50. The van der Waals surface area contributed by atoms with E-state index in [2.05, 4.69) is 17.1 Å². The van der Waals surface area contributed by atoms with Gasteiger partial charge in [0, 0.05) is 40.0 Å². The molecule has 0 spiro atoms. The molecule has 4 nitrogen and oxygen atoms in total. The van der Waals surface area contributed by atoms with Crippen molar-refractivity contribution in [3.63, 3.8) is 0 Å². The first kappa shape index (κ1) is 15.7. The molecule has 0 aromatic carbocycles. The lowest BCUT2D eigenvalue weighted by atomic mass is 9.96. The van der Waals surface area contributed by atoms with E-state index in [0.717, 1.165) is 50.8 Å². The highest BCUT2D eigenvalue weighted by Gasteiger charge is 2.26. The van der Waals surface area contributed by atoms with E-state index in [1.165, 1.54) is 0 Å². The van der Waals surface area contributed by atoms with Gasteiger partial charge in [-0.25, -0.2) is 0 Å². The Hall–Kier alpha value is -0.390. The highest BCUT2D eigenvalue weighted by Crippen LogP contribution is 2.19. The number of rotatable bonds is 6. The highest BCUT2D eigenvalue weighted by molar-refractivity contribution is 7.80. The molecular weight excluding hydrogens is 248 g/mol. The number of ether oxygens (including phenoxy) is 2. The Morgan fingerprint density at radius 3 is 2.94 bits per heavy atom. The van der Waals surface area contributed by atoms with Crippen molar-refractivity contribution in [1.29, 1.82) is 0 Å². The van der Waals surface area contributed by atoms with Gasteiger partial charge in [-0.15, -0.1) is 0 Å². The van der Waals surface area contributed by atoms with Crippen LogP contribution in [0.3, 0.4) is 0 Å². The van der Waals surface area contributed by atoms with Crippen LogP contribution >= 0.6 is 12.2 Å². The van der Waals surface area contributed by atoms with E-state index in [1.807, 2.05) is 6.92 Å². The first-order valence-electron chi connectivity index (χ1n) is 6.82. The highest BCUT2D eigenvalue weighted by atomic mass is 32.1. The number of likely N-dealkylation sites (tertiary alicyclic amines) is 1. The molecule has 5 heteroatoms. The smallest absolute Gasteiger partial charge is 0.169 e. The van der Waals surface area contributed by atoms with Crippen LogP contribution in [0.5, 0.6) is 0 Å². The molecule has 0 aliphatic carbocycles. The van der Waals surface area contributed by atoms with E-state index >= 15 is 0 Å². The van der Waals surface area contributed by atoms with Crippen LogP contribution in [-0.4, -0.2) is 56.1 Å². The van der Waals surface area contributed by atoms with Gasteiger partial charge in [-0.3, -0.25) is 0 Å². The zero-order chi connectivity index (χ0) is 13.4. The number of hydrogen-bond acceptors (Lipinski definition) is 3. The molecular formula is C13H26N2O2S. The van der Waals surface area contributed by atoms with Gasteiger partial charge < -0.3 is 19.7 Å². The summed E-state index contributed by atoms with van der Waals surface area (Å²) in [7, 11) is 1.78. The minimum absolute atomic E-state index is 0.293. The fourth-order valence-corrected chi connectivity index (χ4v) is 2.42. The van der Waals surface area contributed by atoms with Crippen LogP contribution in [0.2, 0.25) is 0 Å². The summed E-state index contributed by atoms with van der Waals surface area (Å²) in [5, 5.41) is 4.14. The predicted molar refractivity (Wildman–Crippen MR) is 77.9 cm³/mol. The molecule has 1 aliphatic heterocycles. The van der Waals surface area contributed by atoms with Crippen molar-refractivity contribution in [1.82, 2.24) is 10.2 Å². The Morgan fingerprint density at radius 2 is 2.28 bits per heavy atom. The average molecular weight is 274 g/mol. The van der Waals surface area contributed by atoms with Crippen molar-refractivity contribution < 1.29 is 9.47 Å². The summed E-state index contributed by atoms with van der Waals surface area (Å²) in [6, 6.07) is 0. The van der Waals surface area contributed by atoms with E-state index in [0.29, 0.717) is 12.0 Å². The third-order valence-electron chi connectivity index (χ3n) is 3.43. The summed E-state index contributed by atoms with van der Waals surface area (Å²) in [4.78, 5) is 2.21. The molecule has 1 fully saturated rings. The van der Waals surface area contributed by atoms with Crippen LogP contribution in [-0.2, 0) is 9.47 Å². The van der Waals surface area contributed by atoms with Gasteiger partial charge in [-0.1, -0.05) is 6.92 Å². The Morgan fingerprint density at radius 1 is 1.50 bits per heavy atom. The maximum absolute atomic E-state index is 5.49. The molecule has 1 saturated heterocycles. The largest absolute Gasteiger partial charge is 0.382 e. The summed E-state index contributed by atoms with van der Waals surface area (Å²) < 4.78 is 10.8. The first-order valence-corrected chi connectivity index (χ1v) is 7.23. The fourth-order valence-electron chi connectivity index (χ4n) is 2.15. The Balaban J connectivity index is 2.21. The van der Waals surface area contributed by atoms with Gasteiger partial charge in [0.05, 0.1) is 6.10 Å². The number of piperidine rings is 1.